The second kappa shape index (κ2) is 15.1. The molecule has 324 valence electrons. The van der Waals surface area contributed by atoms with Crippen molar-refractivity contribution >= 4 is 29.3 Å². The number of aromatic nitrogens is 3. The SMILES string of the molecule is CC(C)C1=C2[C@H]3CC[C@@H]4[C@@]5(C)CC[C@H](OC(=O)CC(C)(C)C(=O)O)C(C)(C)[C@@H]5CC[C@@]4(C)[C@]3(C)CC[C@@]2(C(O)c2nnc(-c3ccc(Cl)cc3)n2CCN(C)C)CC1=O. The van der Waals surface area contributed by atoms with Crippen molar-refractivity contribution < 1.29 is 29.3 Å². The minimum absolute atomic E-state index is 0.0163. The van der Waals surface area contributed by atoms with Crippen molar-refractivity contribution in [3.63, 3.8) is 0 Å². The van der Waals surface area contributed by atoms with Crippen molar-refractivity contribution in [1.29, 1.82) is 0 Å². The molecule has 59 heavy (non-hydrogen) atoms. The second-order valence-electron chi connectivity index (χ2n) is 21.8. The number of ether oxygens (including phenoxy) is 1. The van der Waals surface area contributed by atoms with Crippen LogP contribution in [0.1, 0.15) is 138 Å². The van der Waals surface area contributed by atoms with Crippen LogP contribution in [0.25, 0.3) is 11.4 Å². The molecule has 0 saturated heterocycles. The van der Waals surface area contributed by atoms with E-state index >= 15 is 0 Å². The number of hydrogen-bond acceptors (Lipinski definition) is 8. The average Bonchev–Trinajstić information content (AvgIpc) is 3.70. The molecule has 11 heteroatoms. The summed E-state index contributed by atoms with van der Waals surface area (Å²) in [6.45, 7) is 20.8. The van der Waals surface area contributed by atoms with Crippen LogP contribution < -0.4 is 0 Å². The van der Waals surface area contributed by atoms with Crippen molar-refractivity contribution in [2.45, 2.75) is 145 Å². The van der Waals surface area contributed by atoms with Crippen LogP contribution >= 0.6 is 11.6 Å². The van der Waals surface area contributed by atoms with E-state index < -0.39 is 28.9 Å². The first-order valence-corrected chi connectivity index (χ1v) is 22.5. The molecule has 7 rings (SSSR count). The molecule has 10 nitrogen and oxygen atoms in total. The third kappa shape index (κ3) is 6.84. The molecule has 2 N–H and O–H groups in total. The average molecular weight is 834 g/mol. The molecule has 1 aromatic carbocycles. The van der Waals surface area contributed by atoms with E-state index in [0.717, 1.165) is 62.6 Å². The topological polar surface area (TPSA) is 135 Å². The zero-order chi connectivity index (χ0) is 43.2. The summed E-state index contributed by atoms with van der Waals surface area (Å²) in [5.74, 6) is 0.886. The molecule has 4 saturated carbocycles. The third-order valence-electron chi connectivity index (χ3n) is 17.3. The summed E-state index contributed by atoms with van der Waals surface area (Å²) < 4.78 is 8.26. The number of Topliss-reactive ketones (excluding diaryl/α,β-unsaturated/α-hetero) is 1. The number of esters is 1. The summed E-state index contributed by atoms with van der Waals surface area (Å²) in [4.78, 5) is 41.6. The van der Waals surface area contributed by atoms with Crippen molar-refractivity contribution in [1.82, 2.24) is 19.7 Å². The number of hydrogen-bond donors (Lipinski definition) is 2. The quantitative estimate of drug-likeness (QED) is 0.212. The number of aliphatic carboxylic acids is 1. The highest BCUT2D eigenvalue weighted by atomic mass is 35.5. The zero-order valence-corrected chi connectivity index (χ0v) is 38.2. The fourth-order valence-electron chi connectivity index (χ4n) is 13.9. The maximum absolute atomic E-state index is 14.5. The summed E-state index contributed by atoms with van der Waals surface area (Å²) in [5, 5.41) is 32.7. The third-order valence-corrected chi connectivity index (χ3v) is 17.5. The highest BCUT2D eigenvalue weighted by Gasteiger charge is 2.71. The first-order valence-electron chi connectivity index (χ1n) is 22.2. The number of benzene rings is 1. The lowest BCUT2D eigenvalue weighted by Crippen LogP contribution is -2.66. The van der Waals surface area contributed by atoms with E-state index in [1.165, 1.54) is 5.57 Å². The van der Waals surface area contributed by atoms with E-state index in [2.05, 4.69) is 57.9 Å². The Labute approximate surface area is 356 Å². The Morgan fingerprint density at radius 2 is 1.63 bits per heavy atom. The highest BCUT2D eigenvalue weighted by Crippen LogP contribution is 2.77. The molecule has 0 radical (unpaired) electrons. The molecule has 0 bridgehead atoms. The number of allylic oxidation sites excluding steroid dienone is 1. The van der Waals surface area contributed by atoms with Gasteiger partial charge in [0.25, 0.3) is 0 Å². The van der Waals surface area contributed by atoms with Gasteiger partial charge in [-0.25, -0.2) is 0 Å². The number of nitrogens with zero attached hydrogens (tertiary/aromatic N) is 4. The molecular weight excluding hydrogens is 764 g/mol. The van der Waals surface area contributed by atoms with Gasteiger partial charge in [0, 0.05) is 40.9 Å². The molecule has 1 heterocycles. The number of halogens is 1. The van der Waals surface area contributed by atoms with Gasteiger partial charge in [0.05, 0.1) is 11.8 Å². The lowest BCUT2D eigenvalue weighted by atomic mass is 9.33. The molecule has 2 aromatic rings. The minimum Gasteiger partial charge on any atom is -0.481 e. The lowest BCUT2D eigenvalue weighted by molar-refractivity contribution is -0.235. The monoisotopic (exact) mass is 832 g/mol. The molecule has 5 aliphatic carbocycles. The van der Waals surface area contributed by atoms with Crippen LogP contribution in [0.3, 0.4) is 0 Å². The number of carbonyl (C=O) groups excluding carboxylic acids is 2. The first kappa shape index (κ1) is 44.0. The van der Waals surface area contributed by atoms with Crippen LogP contribution in [0.5, 0.6) is 0 Å². The number of aliphatic hydroxyl groups is 1. The number of carbonyl (C=O) groups is 3. The van der Waals surface area contributed by atoms with E-state index in [-0.39, 0.29) is 58.2 Å². The molecule has 1 aromatic heterocycles. The van der Waals surface area contributed by atoms with E-state index in [9.17, 15) is 24.6 Å². The molecule has 5 aliphatic rings. The van der Waals surface area contributed by atoms with Crippen molar-refractivity contribution in [2.75, 3.05) is 20.6 Å². The number of likely N-dealkylation sites (N-methyl/N-ethyl adjacent to an activating group) is 1. The Kier molecular flexibility index (Phi) is 11.2. The fourth-order valence-corrected chi connectivity index (χ4v) is 14.1. The maximum Gasteiger partial charge on any atom is 0.309 e. The van der Waals surface area contributed by atoms with Crippen LogP contribution in [0.2, 0.25) is 5.02 Å². The standard InChI is InChI=1S/C48H69ClN4O6/c1-28(2)37-32(54)26-48(39(56)41-51-50-40(53(41)25-24-52(10)11)29-12-14-30(49)15-13-29)23-22-46(8)31(38(37)48)16-17-34-45(7)20-19-35(59-36(55)27-43(3,4)42(57)58)44(5,6)33(45)18-21-47(34,46)9/h12-15,28,31,33-35,39,56H,16-27H2,1-11H3,(H,57,58)/t31-,33+,34-,35+,39?,45+,46-,47-,48-/m1/s1. The van der Waals surface area contributed by atoms with Crippen molar-refractivity contribution in [3.05, 3.63) is 46.3 Å². The molecule has 9 atom stereocenters. The zero-order valence-electron chi connectivity index (χ0n) is 37.5. The van der Waals surface area contributed by atoms with Gasteiger partial charge in [0.2, 0.25) is 0 Å². The predicted octanol–water partition coefficient (Wildman–Crippen LogP) is 9.59. The number of fused-ring (bicyclic) bond motifs is 7. The van der Waals surface area contributed by atoms with Crippen molar-refractivity contribution in [3.8, 4) is 11.4 Å². The predicted molar refractivity (Wildman–Crippen MR) is 229 cm³/mol. The van der Waals surface area contributed by atoms with Crippen LogP contribution in [0.15, 0.2) is 35.4 Å². The Balaban J connectivity index is 1.23. The van der Waals surface area contributed by atoms with E-state index in [1.807, 2.05) is 38.4 Å². The fraction of sp³-hybridized carbons (Fsp3) is 0.729. The minimum atomic E-state index is -1.18. The molecule has 1 unspecified atom stereocenters. The largest absolute Gasteiger partial charge is 0.481 e. The Hall–Kier alpha value is -3.08. The van der Waals surface area contributed by atoms with Crippen molar-refractivity contribution in [2.24, 2.45) is 56.2 Å². The molecule has 0 spiro atoms. The van der Waals surface area contributed by atoms with Gasteiger partial charge in [0.1, 0.15) is 12.2 Å². The van der Waals surface area contributed by atoms with Gasteiger partial charge in [0.15, 0.2) is 17.4 Å². The Morgan fingerprint density at radius 1 is 0.949 bits per heavy atom. The number of carboxylic acids is 1. The van der Waals surface area contributed by atoms with Crippen LogP contribution in [-0.4, -0.2) is 74.3 Å². The van der Waals surface area contributed by atoms with Crippen LogP contribution in [-0.2, 0) is 25.7 Å². The Bertz CT molecular complexity index is 2020. The number of aliphatic hydroxyl groups excluding tert-OH is 1. The smallest absolute Gasteiger partial charge is 0.309 e. The summed E-state index contributed by atoms with van der Waals surface area (Å²) >= 11 is 6.27. The summed E-state index contributed by atoms with van der Waals surface area (Å²) in [5.41, 5.74) is 0.676. The van der Waals surface area contributed by atoms with Gasteiger partial charge < -0.3 is 24.4 Å². The van der Waals surface area contributed by atoms with E-state index in [1.54, 1.807) is 13.8 Å². The van der Waals surface area contributed by atoms with E-state index in [0.29, 0.717) is 41.5 Å². The van der Waals surface area contributed by atoms with Gasteiger partial charge in [-0.05, 0) is 155 Å². The van der Waals surface area contributed by atoms with Gasteiger partial charge in [-0.2, -0.15) is 0 Å². The first-order chi connectivity index (χ1) is 27.4. The highest BCUT2D eigenvalue weighted by molar-refractivity contribution is 6.30. The number of ketones is 1. The summed E-state index contributed by atoms with van der Waals surface area (Å²) in [6, 6.07) is 7.58. The Morgan fingerprint density at radius 3 is 2.25 bits per heavy atom. The molecule has 0 amide bonds. The molecule has 0 aliphatic heterocycles. The van der Waals surface area contributed by atoms with Crippen LogP contribution in [0.4, 0.5) is 0 Å². The second-order valence-corrected chi connectivity index (χ2v) is 22.2. The summed E-state index contributed by atoms with van der Waals surface area (Å²) in [6.07, 6.45) is 6.22. The number of rotatable bonds is 11. The van der Waals surface area contributed by atoms with Gasteiger partial charge in [-0.1, -0.05) is 60.1 Å². The lowest BCUT2D eigenvalue weighted by Gasteiger charge is -2.72. The van der Waals surface area contributed by atoms with Gasteiger partial charge >= 0.3 is 11.9 Å². The van der Waals surface area contributed by atoms with E-state index in [4.69, 9.17) is 26.5 Å². The van der Waals surface area contributed by atoms with Gasteiger partial charge in [-0.3, -0.25) is 14.4 Å². The van der Waals surface area contributed by atoms with Gasteiger partial charge in [-0.15, -0.1) is 10.2 Å². The number of carboxylic acid groups (broad SMARTS) is 1. The normalized spacial score (nSPS) is 34.6. The maximum atomic E-state index is 14.5. The van der Waals surface area contributed by atoms with Crippen LogP contribution in [0, 0.1) is 56.2 Å². The molecular formula is C48H69ClN4O6. The molecule has 4 fully saturated rings. The summed E-state index contributed by atoms with van der Waals surface area (Å²) in [7, 11) is 4.07.